The van der Waals surface area contributed by atoms with Crippen LogP contribution in [-0.2, 0) is 17.8 Å². The summed E-state index contributed by atoms with van der Waals surface area (Å²) in [6, 6.07) is 12.6. The fourth-order valence-electron chi connectivity index (χ4n) is 4.84. The number of rotatable bonds is 19. The lowest BCUT2D eigenvalue weighted by Crippen LogP contribution is -3.00. The van der Waals surface area contributed by atoms with Gasteiger partial charge in [-0.25, -0.2) is 4.39 Å². The van der Waals surface area contributed by atoms with Crippen molar-refractivity contribution in [1.82, 2.24) is 0 Å². The number of carbonyl (C=O) groups is 1. The Balaban J connectivity index is 0.00000560. The molecule has 1 aromatic heterocycles. The van der Waals surface area contributed by atoms with Crippen LogP contribution in [0.5, 0.6) is 5.75 Å². The van der Waals surface area contributed by atoms with Crippen LogP contribution in [0.4, 0.5) is 10.1 Å². The van der Waals surface area contributed by atoms with E-state index >= 15 is 0 Å². The van der Waals surface area contributed by atoms with Crippen LogP contribution in [0.25, 0.3) is 0 Å². The minimum atomic E-state index is -0.413. The first-order valence-electron chi connectivity index (χ1n) is 14.8. The normalized spacial score (nSPS) is 10.8. The lowest BCUT2D eigenvalue weighted by molar-refractivity contribution is -0.689. The second-order valence-electron chi connectivity index (χ2n) is 10.4. The number of nitrogens with one attached hydrogen (secondary N) is 1. The van der Waals surface area contributed by atoms with Crippen molar-refractivity contribution in [2.75, 3.05) is 11.9 Å². The zero-order chi connectivity index (χ0) is 27.7. The van der Waals surface area contributed by atoms with Gasteiger partial charge in [0, 0.05) is 18.1 Å². The van der Waals surface area contributed by atoms with Gasteiger partial charge in [0.2, 0.25) is 10.9 Å². The summed E-state index contributed by atoms with van der Waals surface area (Å²) in [7, 11) is 0. The molecule has 220 valence electrons. The average Bonchev–Trinajstić information content (AvgIpc) is 3.33. The number of amides is 1. The highest BCUT2D eigenvalue weighted by Crippen LogP contribution is 2.25. The topological polar surface area (TPSA) is 42.2 Å². The fraction of sp³-hybridized carbons (Fsp3) is 0.515. The number of aromatic nitrogens is 1. The molecule has 0 saturated heterocycles. The van der Waals surface area contributed by atoms with Gasteiger partial charge in [-0.2, -0.15) is 4.57 Å². The van der Waals surface area contributed by atoms with E-state index in [1.54, 1.807) is 23.5 Å². The molecule has 1 heterocycles. The predicted octanol–water partition coefficient (Wildman–Crippen LogP) is 5.80. The van der Waals surface area contributed by atoms with E-state index in [2.05, 4.69) is 29.1 Å². The Kier molecular flexibility index (Phi) is 16.8. The zero-order valence-electron chi connectivity index (χ0n) is 24.2. The van der Waals surface area contributed by atoms with E-state index in [1.807, 2.05) is 30.5 Å². The van der Waals surface area contributed by atoms with Crippen LogP contribution < -0.4 is 31.6 Å². The van der Waals surface area contributed by atoms with Crippen molar-refractivity contribution in [1.29, 1.82) is 0 Å². The average molecular weight is 634 g/mol. The molecular weight excluding hydrogens is 587 g/mol. The first kappa shape index (κ1) is 34.0. The Labute approximate surface area is 255 Å². The Morgan fingerprint density at radius 1 is 0.875 bits per heavy atom. The standard InChI is InChI=1S/C33H45FN2O2S.BrH/c1-3-4-5-6-7-8-9-10-11-12-13-16-23-38-33-28(19-17-20-30(33)34)25-32(37)35-31-21-15-14-18-29(31)26-36-22-24-39-27(36)2;/h14-15,17-22,24H,3-13,16,23,25-26H2,1-2H3;1H. The number of hydrogen-bond acceptors (Lipinski definition) is 3. The van der Waals surface area contributed by atoms with Crippen molar-refractivity contribution in [3.05, 3.63) is 76.0 Å². The number of aryl methyl sites for hydroxylation is 1. The molecule has 0 bridgehead atoms. The van der Waals surface area contributed by atoms with Gasteiger partial charge >= 0.3 is 0 Å². The van der Waals surface area contributed by atoms with Gasteiger partial charge in [-0.05, 0) is 18.6 Å². The van der Waals surface area contributed by atoms with Gasteiger partial charge in [-0.15, -0.1) is 0 Å². The Hall–Kier alpha value is -2.25. The van der Waals surface area contributed by atoms with E-state index in [0.29, 0.717) is 18.7 Å². The van der Waals surface area contributed by atoms with Crippen LogP contribution in [0.2, 0.25) is 0 Å². The lowest BCUT2D eigenvalue weighted by Gasteiger charge is -2.13. The number of hydrogen-bond donors (Lipinski definition) is 1. The van der Waals surface area contributed by atoms with E-state index in [9.17, 15) is 9.18 Å². The SMILES string of the molecule is CCCCCCCCCCCCCCOc1c(F)cccc1CC(=O)Nc1ccccc1C[n+]1ccsc1C.[Br-]. The molecule has 0 radical (unpaired) electrons. The van der Waals surface area contributed by atoms with Crippen molar-refractivity contribution < 1.29 is 35.5 Å². The second kappa shape index (κ2) is 19.8. The quantitative estimate of drug-likeness (QED) is 0.134. The smallest absolute Gasteiger partial charge is 0.234 e. The molecule has 3 rings (SSSR count). The molecule has 0 aliphatic carbocycles. The van der Waals surface area contributed by atoms with Crippen molar-refractivity contribution in [2.24, 2.45) is 0 Å². The van der Waals surface area contributed by atoms with E-state index in [1.165, 1.54) is 75.3 Å². The summed E-state index contributed by atoms with van der Waals surface area (Å²) in [5, 5.41) is 6.28. The molecule has 7 heteroatoms. The van der Waals surface area contributed by atoms with Crippen LogP contribution in [0, 0.1) is 12.7 Å². The molecule has 0 aliphatic rings. The Bertz CT molecular complexity index is 1140. The molecule has 0 fully saturated rings. The minimum absolute atomic E-state index is 0. The van der Waals surface area contributed by atoms with E-state index in [0.717, 1.165) is 24.1 Å². The largest absolute Gasteiger partial charge is 1.00 e. The number of halogens is 2. The Morgan fingerprint density at radius 3 is 2.15 bits per heavy atom. The minimum Gasteiger partial charge on any atom is -1.00 e. The molecule has 2 aromatic carbocycles. The summed E-state index contributed by atoms with van der Waals surface area (Å²) >= 11 is 1.69. The number of nitrogens with zero attached hydrogens (tertiary/aromatic N) is 1. The number of thiazole rings is 1. The molecule has 4 nitrogen and oxygen atoms in total. The number of unbranched alkanes of at least 4 members (excludes halogenated alkanes) is 11. The monoisotopic (exact) mass is 632 g/mol. The lowest BCUT2D eigenvalue weighted by atomic mass is 10.1. The van der Waals surface area contributed by atoms with Crippen LogP contribution in [0.15, 0.2) is 54.0 Å². The van der Waals surface area contributed by atoms with Gasteiger partial charge in [-0.3, -0.25) is 4.79 Å². The second-order valence-corrected chi connectivity index (χ2v) is 11.5. The van der Waals surface area contributed by atoms with Gasteiger partial charge in [0.15, 0.2) is 24.3 Å². The fourth-order valence-corrected chi connectivity index (χ4v) is 5.51. The third-order valence-electron chi connectivity index (χ3n) is 7.16. The van der Waals surface area contributed by atoms with Gasteiger partial charge in [0.05, 0.1) is 24.1 Å². The Morgan fingerprint density at radius 2 is 1.50 bits per heavy atom. The highest BCUT2D eigenvalue weighted by atomic mass is 79.9. The number of para-hydroxylation sites is 2. The first-order chi connectivity index (χ1) is 19.1. The van der Waals surface area contributed by atoms with Crippen molar-refractivity contribution in [3.8, 4) is 5.75 Å². The first-order valence-corrected chi connectivity index (χ1v) is 15.7. The zero-order valence-corrected chi connectivity index (χ0v) is 26.6. The summed E-state index contributed by atoms with van der Waals surface area (Å²) < 4.78 is 22.6. The molecule has 1 amide bonds. The molecule has 1 N–H and O–H groups in total. The number of anilines is 1. The molecule has 0 saturated carbocycles. The summed E-state index contributed by atoms with van der Waals surface area (Å²) in [5.41, 5.74) is 2.38. The van der Waals surface area contributed by atoms with E-state index in [4.69, 9.17) is 4.74 Å². The molecule has 0 spiro atoms. The maximum Gasteiger partial charge on any atom is 0.234 e. The maximum absolute atomic E-state index is 14.6. The molecule has 40 heavy (non-hydrogen) atoms. The van der Waals surface area contributed by atoms with E-state index in [-0.39, 0.29) is 35.1 Å². The van der Waals surface area contributed by atoms with Gasteiger partial charge in [0.25, 0.3) is 0 Å². The summed E-state index contributed by atoms with van der Waals surface area (Å²) in [4.78, 5) is 13.0. The van der Waals surface area contributed by atoms with Gasteiger partial charge in [-0.1, -0.05) is 119 Å². The predicted molar refractivity (Wildman–Crippen MR) is 160 cm³/mol. The number of benzene rings is 2. The van der Waals surface area contributed by atoms with E-state index < -0.39 is 5.82 Å². The summed E-state index contributed by atoms with van der Waals surface area (Å²) in [6.07, 6.45) is 17.3. The van der Waals surface area contributed by atoms with Crippen molar-refractivity contribution in [2.45, 2.75) is 104 Å². The van der Waals surface area contributed by atoms with Crippen LogP contribution in [0.1, 0.15) is 100 Å². The van der Waals surface area contributed by atoms with Crippen LogP contribution in [0.3, 0.4) is 0 Å². The highest BCUT2D eigenvalue weighted by Gasteiger charge is 2.16. The number of carbonyl (C=O) groups excluding carboxylic acids is 1. The van der Waals surface area contributed by atoms with Gasteiger partial charge in [0.1, 0.15) is 0 Å². The third-order valence-corrected chi connectivity index (χ3v) is 7.99. The molecule has 3 aromatic rings. The van der Waals surface area contributed by atoms with Crippen molar-refractivity contribution >= 4 is 22.9 Å². The van der Waals surface area contributed by atoms with Crippen LogP contribution >= 0.6 is 11.3 Å². The molecule has 0 unspecified atom stereocenters. The van der Waals surface area contributed by atoms with Gasteiger partial charge < -0.3 is 27.0 Å². The highest BCUT2D eigenvalue weighted by molar-refractivity contribution is 7.09. The molecule has 0 aliphatic heterocycles. The van der Waals surface area contributed by atoms with Crippen LogP contribution in [-0.4, -0.2) is 12.5 Å². The van der Waals surface area contributed by atoms with Crippen molar-refractivity contribution in [3.63, 3.8) is 0 Å². The summed E-state index contributed by atoms with van der Waals surface area (Å²) in [5.74, 6) is -0.396. The maximum atomic E-state index is 14.6. The third kappa shape index (κ3) is 12.1. The molecule has 0 atom stereocenters. The molecular formula is C33H46BrFN2O2S. The number of ether oxygens (including phenoxy) is 1. The summed E-state index contributed by atoms with van der Waals surface area (Å²) in [6.45, 7) is 5.48.